The highest BCUT2D eigenvalue weighted by atomic mass is 32.2. The van der Waals surface area contributed by atoms with Crippen molar-refractivity contribution in [2.24, 2.45) is 0 Å². The molecule has 0 aliphatic carbocycles. The molecule has 0 heterocycles. The van der Waals surface area contributed by atoms with Crippen molar-refractivity contribution in [3.8, 4) is 0 Å². The zero-order valence-electron chi connectivity index (χ0n) is 10.9. The van der Waals surface area contributed by atoms with E-state index in [0.717, 1.165) is 0 Å². The average Bonchev–Trinajstić information content (AvgIpc) is 2.34. The lowest BCUT2D eigenvalue weighted by atomic mass is 9.98. The summed E-state index contributed by atoms with van der Waals surface area (Å²) in [5, 5.41) is 0. The second-order valence-electron chi connectivity index (χ2n) is 4.16. The monoisotopic (exact) mass is 450 g/mol. The Kier molecular flexibility index (Phi) is 5.92. The van der Waals surface area contributed by atoms with Gasteiger partial charge < -0.3 is 0 Å². The molecule has 0 aromatic rings. The summed E-state index contributed by atoms with van der Waals surface area (Å²) in [6, 6.07) is 0. The predicted molar refractivity (Wildman–Crippen MR) is 46.8 cm³/mol. The molecule has 0 saturated carbocycles. The van der Waals surface area contributed by atoms with E-state index in [4.69, 9.17) is 0 Å². The minimum atomic E-state index is -8.14. The Morgan fingerprint density at radius 2 is 0.962 bits per heavy atom. The van der Waals surface area contributed by atoms with Crippen LogP contribution < -0.4 is 0 Å². The van der Waals surface area contributed by atoms with Crippen LogP contribution in [0.3, 0.4) is 0 Å². The summed E-state index contributed by atoms with van der Waals surface area (Å²) in [7, 11) is -7.49. The molecule has 3 nitrogen and oxygen atoms in total. The molecule has 19 heteroatoms. The topological polar surface area (TPSA) is 43.4 Å². The molecule has 1 atom stereocenters. The molecule has 0 rings (SSSR count). The van der Waals surface area contributed by atoms with Gasteiger partial charge >= 0.3 is 45.5 Å². The number of hydrogen-bond acceptors (Lipinski definition) is 3. The molecule has 0 amide bonds. The van der Waals surface area contributed by atoms with Crippen molar-refractivity contribution in [3.63, 3.8) is 0 Å². The fraction of sp³-hybridized carbons (Fsp3) is 1.00. The van der Waals surface area contributed by atoms with Gasteiger partial charge in [-0.05, 0) is 0 Å². The third-order valence-corrected chi connectivity index (χ3v) is 3.33. The minimum absolute atomic E-state index is 1.84. The Morgan fingerprint density at radius 1 is 0.615 bits per heavy atom. The van der Waals surface area contributed by atoms with Crippen LogP contribution in [0.15, 0.2) is 0 Å². The van der Waals surface area contributed by atoms with E-state index in [-0.39, 0.29) is 0 Å². The van der Waals surface area contributed by atoms with Gasteiger partial charge in [0.2, 0.25) is 0 Å². The third-order valence-electron chi connectivity index (χ3n) is 2.34. The summed E-state index contributed by atoms with van der Waals surface area (Å²) in [6.07, 6.45) is -13.5. The highest BCUT2D eigenvalue weighted by Gasteiger charge is 2.88. The maximum atomic E-state index is 12.9. The zero-order valence-corrected chi connectivity index (χ0v) is 11.7. The van der Waals surface area contributed by atoms with Crippen LogP contribution in [-0.2, 0) is 14.3 Å². The zero-order chi connectivity index (χ0) is 21.8. The van der Waals surface area contributed by atoms with Crippen LogP contribution >= 0.6 is 0 Å². The van der Waals surface area contributed by atoms with Gasteiger partial charge in [0.15, 0.2) is 0 Å². The van der Waals surface area contributed by atoms with E-state index in [1.54, 1.807) is 0 Å². The van der Waals surface area contributed by atoms with Crippen LogP contribution in [0.4, 0.5) is 65.9 Å². The van der Waals surface area contributed by atoms with Gasteiger partial charge in [0.25, 0.3) is 6.36 Å². The van der Waals surface area contributed by atoms with Gasteiger partial charge in [-0.2, -0.15) is 69.9 Å². The van der Waals surface area contributed by atoms with E-state index in [2.05, 4.69) is 0 Å². The first-order valence-corrected chi connectivity index (χ1v) is 6.50. The van der Waals surface area contributed by atoms with Gasteiger partial charge in [-0.15, -0.1) is 0 Å². The summed E-state index contributed by atoms with van der Waals surface area (Å²) in [5.74, 6) is -31.7. The summed E-state index contributed by atoms with van der Waals surface area (Å²) in [4.78, 5) is 0. The first-order chi connectivity index (χ1) is 10.9. The molecule has 0 spiro atoms. The lowest BCUT2D eigenvalue weighted by Crippen LogP contribution is -2.68. The van der Waals surface area contributed by atoms with E-state index < -0.39 is 51.9 Å². The maximum Gasteiger partial charge on any atom is 0.523 e. The van der Waals surface area contributed by atoms with E-state index >= 15 is 0 Å². The van der Waals surface area contributed by atoms with Gasteiger partial charge in [-0.1, -0.05) is 0 Å². The minimum Gasteiger partial charge on any atom is -0.219 e. The lowest BCUT2D eigenvalue weighted by Gasteiger charge is -2.37. The largest absolute Gasteiger partial charge is 0.523 e. The highest BCUT2D eigenvalue weighted by Crippen LogP contribution is 2.58. The molecule has 26 heavy (non-hydrogen) atoms. The smallest absolute Gasteiger partial charge is 0.219 e. The van der Waals surface area contributed by atoms with Crippen LogP contribution in [0.1, 0.15) is 0 Å². The Morgan fingerprint density at radius 3 is 1.23 bits per heavy atom. The lowest BCUT2D eigenvalue weighted by molar-refractivity contribution is -0.432. The van der Waals surface area contributed by atoms with E-state index in [0.29, 0.717) is 0 Å². The summed E-state index contributed by atoms with van der Waals surface area (Å²) < 4.78 is 207. The van der Waals surface area contributed by atoms with Crippen LogP contribution in [0.5, 0.6) is 0 Å². The fourth-order valence-electron chi connectivity index (χ4n) is 0.953. The second-order valence-corrected chi connectivity index (χ2v) is 5.72. The molecule has 0 bridgehead atoms. The Balaban J connectivity index is 6.12. The molecule has 0 fully saturated rings. The van der Waals surface area contributed by atoms with Gasteiger partial charge in [0, 0.05) is 0 Å². The van der Waals surface area contributed by atoms with Gasteiger partial charge in [0.1, 0.15) is 0 Å². The van der Waals surface area contributed by atoms with E-state index in [1.807, 2.05) is 4.18 Å². The summed E-state index contributed by atoms with van der Waals surface area (Å²) >= 11 is 0. The van der Waals surface area contributed by atoms with Crippen LogP contribution in [0.2, 0.25) is 0 Å². The number of rotatable bonds is 6. The Hall–Kier alpha value is -1.14. The van der Waals surface area contributed by atoms with Crippen molar-refractivity contribution >= 4 is 10.1 Å². The average molecular weight is 450 g/mol. The predicted octanol–water partition coefficient (Wildman–Crippen LogP) is 4.25. The molecule has 0 N–H and O–H groups in total. The molecule has 0 saturated heterocycles. The molecule has 0 aromatic heterocycles. The first kappa shape index (κ1) is 24.9. The van der Waals surface area contributed by atoms with E-state index in [1.165, 1.54) is 0 Å². The van der Waals surface area contributed by atoms with Crippen molar-refractivity contribution in [1.29, 1.82) is 0 Å². The summed E-state index contributed by atoms with van der Waals surface area (Å²) in [6.45, 7) is 0. The normalized spacial score (nSPS) is 17.3. The molecular formula is C7HF15O3S. The quantitative estimate of drug-likeness (QED) is 0.346. The van der Waals surface area contributed by atoms with Gasteiger partial charge in [0.05, 0.1) is 0 Å². The number of alkyl halides is 15. The second kappa shape index (κ2) is 6.20. The van der Waals surface area contributed by atoms with Crippen molar-refractivity contribution in [1.82, 2.24) is 0 Å². The fourth-order valence-corrected chi connectivity index (χ4v) is 1.41. The Labute approximate surface area is 131 Å². The van der Waals surface area contributed by atoms with Crippen LogP contribution in [0.25, 0.3) is 0 Å². The van der Waals surface area contributed by atoms with Crippen molar-refractivity contribution in [2.75, 3.05) is 0 Å². The van der Waals surface area contributed by atoms with Crippen LogP contribution in [0, 0.1) is 0 Å². The van der Waals surface area contributed by atoms with Crippen molar-refractivity contribution in [3.05, 3.63) is 0 Å². The molecule has 0 aliphatic rings. The standard InChI is InChI=1S/C7HF15O3S/c8-1(25-26(23,24)7(20,21)22)2(9,10)3(11,12)4(13,14)5(15,16)6(17,18)19/h1H. The maximum absolute atomic E-state index is 12.9. The van der Waals surface area contributed by atoms with Crippen molar-refractivity contribution in [2.45, 2.75) is 41.7 Å². The molecule has 1 unspecified atom stereocenters. The number of halogens is 15. The van der Waals surface area contributed by atoms with Crippen molar-refractivity contribution < 1.29 is 78.5 Å². The third kappa shape index (κ3) is 3.63. The Bertz CT molecular complexity index is 614. The molecule has 158 valence electrons. The molecular weight excluding hydrogens is 449 g/mol. The SMILES string of the molecule is O=S(=O)(OC(F)C(F)(F)C(F)(F)C(F)(F)C(F)(F)C(F)(F)F)C(F)(F)F. The first-order valence-electron chi connectivity index (χ1n) is 5.09. The van der Waals surface area contributed by atoms with E-state index in [9.17, 15) is 74.3 Å². The summed E-state index contributed by atoms with van der Waals surface area (Å²) in [5.41, 5.74) is -6.76. The molecule has 0 aliphatic heterocycles. The highest BCUT2D eigenvalue weighted by molar-refractivity contribution is 7.87. The number of hydrogen-bond donors (Lipinski definition) is 0. The molecule has 0 aromatic carbocycles. The molecule has 0 radical (unpaired) electrons. The van der Waals surface area contributed by atoms with Gasteiger partial charge in [-0.25, -0.2) is 8.57 Å². The van der Waals surface area contributed by atoms with Gasteiger partial charge in [-0.3, -0.25) is 0 Å². The van der Waals surface area contributed by atoms with Crippen LogP contribution in [-0.4, -0.2) is 50.2 Å².